The number of rotatable bonds is 5. The fourth-order valence-electron chi connectivity index (χ4n) is 2.47. The second-order valence-electron chi connectivity index (χ2n) is 5.80. The van der Waals surface area contributed by atoms with E-state index in [-0.39, 0.29) is 17.9 Å². The number of ether oxygens (including phenoxy) is 2. The Bertz CT molecular complexity index is 748. The zero-order valence-corrected chi connectivity index (χ0v) is 13.9. The molecule has 2 aromatic carbocycles. The lowest BCUT2D eigenvalue weighted by molar-refractivity contribution is -0.123. The standard InChI is InChI=1S/C19H20N2O4/c1-13(21-19(23)14-7-3-2-4-8-14)18(22)20-11-15-12-24-16-9-5-6-10-17(16)25-15/h2-10,13,15H,11-12H2,1H3,(H,20,22)(H,21,23). The molecule has 0 saturated heterocycles. The van der Waals surface area contributed by atoms with Crippen LogP contribution in [0.2, 0.25) is 0 Å². The fourth-order valence-corrected chi connectivity index (χ4v) is 2.47. The zero-order valence-electron chi connectivity index (χ0n) is 13.9. The minimum atomic E-state index is -0.649. The number of para-hydroxylation sites is 2. The van der Waals surface area contributed by atoms with Crippen molar-refractivity contribution in [2.75, 3.05) is 13.2 Å². The maximum atomic E-state index is 12.2. The monoisotopic (exact) mass is 340 g/mol. The molecule has 2 N–H and O–H groups in total. The second-order valence-corrected chi connectivity index (χ2v) is 5.80. The van der Waals surface area contributed by atoms with E-state index in [0.29, 0.717) is 30.2 Å². The predicted molar refractivity (Wildman–Crippen MR) is 92.7 cm³/mol. The van der Waals surface area contributed by atoms with Crippen LogP contribution in [0.25, 0.3) is 0 Å². The van der Waals surface area contributed by atoms with E-state index in [1.54, 1.807) is 31.2 Å². The average Bonchev–Trinajstić information content (AvgIpc) is 2.66. The lowest BCUT2D eigenvalue weighted by Crippen LogP contribution is -2.48. The first-order valence-electron chi connectivity index (χ1n) is 8.15. The van der Waals surface area contributed by atoms with E-state index in [0.717, 1.165) is 0 Å². The van der Waals surface area contributed by atoms with Gasteiger partial charge in [-0.25, -0.2) is 0 Å². The maximum absolute atomic E-state index is 12.2. The molecule has 6 heteroatoms. The highest BCUT2D eigenvalue weighted by Gasteiger charge is 2.23. The van der Waals surface area contributed by atoms with Crippen molar-refractivity contribution in [3.05, 3.63) is 60.2 Å². The summed E-state index contributed by atoms with van der Waals surface area (Å²) in [7, 11) is 0. The molecule has 2 aromatic rings. The van der Waals surface area contributed by atoms with Crippen molar-refractivity contribution in [1.29, 1.82) is 0 Å². The van der Waals surface area contributed by atoms with Crippen molar-refractivity contribution in [2.45, 2.75) is 19.1 Å². The molecule has 0 fully saturated rings. The third-order valence-electron chi connectivity index (χ3n) is 3.85. The summed E-state index contributed by atoms with van der Waals surface area (Å²) in [4.78, 5) is 24.2. The Balaban J connectivity index is 1.47. The van der Waals surface area contributed by atoms with Crippen LogP contribution in [0.3, 0.4) is 0 Å². The molecular weight excluding hydrogens is 320 g/mol. The Kier molecular flexibility index (Phi) is 5.18. The maximum Gasteiger partial charge on any atom is 0.251 e. The first kappa shape index (κ1) is 16.8. The smallest absolute Gasteiger partial charge is 0.251 e. The number of benzene rings is 2. The summed E-state index contributed by atoms with van der Waals surface area (Å²) < 4.78 is 11.4. The Labute approximate surface area is 146 Å². The molecule has 1 heterocycles. The number of fused-ring (bicyclic) bond motifs is 1. The molecule has 1 aliphatic heterocycles. The zero-order chi connectivity index (χ0) is 17.6. The van der Waals surface area contributed by atoms with Crippen LogP contribution in [0.1, 0.15) is 17.3 Å². The van der Waals surface area contributed by atoms with Crippen molar-refractivity contribution in [1.82, 2.24) is 10.6 Å². The largest absolute Gasteiger partial charge is 0.486 e. The first-order chi connectivity index (χ1) is 12.1. The minimum Gasteiger partial charge on any atom is -0.486 e. The van der Waals surface area contributed by atoms with E-state index < -0.39 is 6.04 Å². The van der Waals surface area contributed by atoms with Gasteiger partial charge in [0.15, 0.2) is 11.5 Å². The quantitative estimate of drug-likeness (QED) is 0.870. The Hall–Kier alpha value is -3.02. The van der Waals surface area contributed by atoms with Crippen molar-refractivity contribution in [2.24, 2.45) is 0 Å². The van der Waals surface area contributed by atoms with E-state index >= 15 is 0 Å². The minimum absolute atomic E-state index is 0.268. The molecule has 25 heavy (non-hydrogen) atoms. The highest BCUT2D eigenvalue weighted by molar-refractivity contribution is 5.97. The highest BCUT2D eigenvalue weighted by Crippen LogP contribution is 2.30. The van der Waals surface area contributed by atoms with Gasteiger partial charge in [-0.05, 0) is 31.2 Å². The molecule has 2 unspecified atom stereocenters. The van der Waals surface area contributed by atoms with E-state index in [9.17, 15) is 9.59 Å². The molecule has 0 aromatic heterocycles. The number of hydrogen-bond donors (Lipinski definition) is 2. The highest BCUT2D eigenvalue weighted by atomic mass is 16.6. The van der Waals surface area contributed by atoms with Crippen molar-refractivity contribution < 1.29 is 19.1 Å². The summed E-state index contributed by atoms with van der Waals surface area (Å²) in [6.45, 7) is 2.31. The van der Waals surface area contributed by atoms with Crippen LogP contribution >= 0.6 is 0 Å². The summed E-state index contributed by atoms with van der Waals surface area (Å²) >= 11 is 0. The molecule has 0 spiro atoms. The van der Waals surface area contributed by atoms with Crippen molar-refractivity contribution in [3.8, 4) is 11.5 Å². The Morgan fingerprint density at radius 1 is 1.08 bits per heavy atom. The van der Waals surface area contributed by atoms with Gasteiger partial charge in [-0.3, -0.25) is 9.59 Å². The van der Waals surface area contributed by atoms with Crippen molar-refractivity contribution in [3.63, 3.8) is 0 Å². The first-order valence-corrected chi connectivity index (χ1v) is 8.15. The van der Waals surface area contributed by atoms with Gasteiger partial charge in [0.25, 0.3) is 5.91 Å². The van der Waals surface area contributed by atoms with E-state index in [1.807, 2.05) is 30.3 Å². The Morgan fingerprint density at radius 2 is 1.76 bits per heavy atom. The number of amides is 2. The van der Waals surface area contributed by atoms with E-state index in [4.69, 9.17) is 9.47 Å². The summed E-state index contributed by atoms with van der Waals surface area (Å²) in [6.07, 6.45) is -0.268. The van der Waals surface area contributed by atoms with Crippen LogP contribution in [0.5, 0.6) is 11.5 Å². The van der Waals surface area contributed by atoms with Crippen LogP contribution in [0, 0.1) is 0 Å². The number of carbonyl (C=O) groups excluding carboxylic acids is 2. The van der Waals surface area contributed by atoms with Crippen LogP contribution in [0.15, 0.2) is 54.6 Å². The van der Waals surface area contributed by atoms with Gasteiger partial charge >= 0.3 is 0 Å². The van der Waals surface area contributed by atoms with E-state index in [2.05, 4.69) is 10.6 Å². The van der Waals surface area contributed by atoms with Crippen LogP contribution < -0.4 is 20.1 Å². The molecular formula is C19H20N2O4. The number of hydrogen-bond acceptors (Lipinski definition) is 4. The summed E-state index contributed by atoms with van der Waals surface area (Å²) in [6, 6.07) is 15.5. The van der Waals surface area contributed by atoms with Crippen LogP contribution in [-0.2, 0) is 4.79 Å². The number of nitrogens with one attached hydrogen (secondary N) is 2. The summed E-state index contributed by atoms with van der Waals surface area (Å²) in [5.41, 5.74) is 0.516. The Morgan fingerprint density at radius 3 is 2.52 bits per heavy atom. The molecule has 0 bridgehead atoms. The van der Waals surface area contributed by atoms with Gasteiger partial charge in [0.2, 0.25) is 5.91 Å². The van der Waals surface area contributed by atoms with Gasteiger partial charge in [-0.1, -0.05) is 30.3 Å². The van der Waals surface area contributed by atoms with Gasteiger partial charge in [-0.15, -0.1) is 0 Å². The molecule has 3 rings (SSSR count). The van der Waals surface area contributed by atoms with Crippen molar-refractivity contribution >= 4 is 11.8 Å². The third-order valence-corrected chi connectivity index (χ3v) is 3.85. The SMILES string of the molecule is CC(NC(=O)c1ccccc1)C(=O)NCC1COc2ccccc2O1. The topological polar surface area (TPSA) is 76.7 Å². The van der Waals surface area contributed by atoms with Crippen LogP contribution in [0.4, 0.5) is 0 Å². The van der Waals surface area contributed by atoms with Crippen LogP contribution in [-0.4, -0.2) is 37.1 Å². The molecule has 0 radical (unpaired) electrons. The second kappa shape index (κ2) is 7.70. The van der Waals surface area contributed by atoms with E-state index in [1.165, 1.54) is 0 Å². The lowest BCUT2D eigenvalue weighted by Gasteiger charge is -2.27. The summed E-state index contributed by atoms with van der Waals surface area (Å²) in [5.74, 6) is 0.813. The molecule has 1 aliphatic rings. The molecule has 130 valence electrons. The predicted octanol–water partition coefficient (Wildman–Crippen LogP) is 1.76. The normalized spacial score (nSPS) is 16.6. The van der Waals surface area contributed by atoms with Gasteiger partial charge in [0, 0.05) is 5.56 Å². The van der Waals surface area contributed by atoms with Gasteiger partial charge in [-0.2, -0.15) is 0 Å². The van der Waals surface area contributed by atoms with Gasteiger partial charge < -0.3 is 20.1 Å². The molecule has 0 aliphatic carbocycles. The molecule has 2 amide bonds. The van der Waals surface area contributed by atoms with Gasteiger partial charge in [0.05, 0.1) is 6.54 Å². The molecule has 2 atom stereocenters. The molecule has 0 saturated carbocycles. The van der Waals surface area contributed by atoms with Gasteiger partial charge in [0.1, 0.15) is 18.8 Å². The fraction of sp³-hybridized carbons (Fsp3) is 0.263. The lowest BCUT2D eigenvalue weighted by atomic mass is 10.2. The number of carbonyl (C=O) groups is 2. The molecule has 6 nitrogen and oxygen atoms in total. The average molecular weight is 340 g/mol. The summed E-state index contributed by atoms with van der Waals surface area (Å²) in [5, 5.41) is 5.46. The third kappa shape index (κ3) is 4.29.